The van der Waals surface area contributed by atoms with Gasteiger partial charge < -0.3 is 4.74 Å². The maximum atomic E-state index is 5.77. The number of methoxy groups -OCH3 is 1. The fourth-order valence-electron chi connectivity index (χ4n) is 2.76. The van der Waals surface area contributed by atoms with Crippen molar-refractivity contribution in [3.8, 4) is 5.75 Å². The molecule has 3 unspecified atom stereocenters. The summed E-state index contributed by atoms with van der Waals surface area (Å²) >= 11 is 1.70. The molecule has 0 aliphatic heterocycles. The molecule has 0 radical (unpaired) electrons. The van der Waals surface area contributed by atoms with E-state index in [0.29, 0.717) is 11.8 Å². The molecule has 1 aliphatic carbocycles. The Balaban J connectivity index is 1.79. The normalized spacial score (nSPS) is 23.1. The Morgan fingerprint density at radius 1 is 1.32 bits per heavy atom. The third kappa shape index (κ3) is 2.39. The monoisotopic (exact) mass is 274 g/mol. The summed E-state index contributed by atoms with van der Waals surface area (Å²) in [6.45, 7) is 0. The van der Waals surface area contributed by atoms with Gasteiger partial charge in [-0.15, -0.1) is 11.3 Å². The summed E-state index contributed by atoms with van der Waals surface area (Å²) < 4.78 is 5.40. The molecular formula is C15H18N2OS. The van der Waals surface area contributed by atoms with Crippen LogP contribution in [0.25, 0.3) is 0 Å². The molecule has 100 valence electrons. The average molecular weight is 274 g/mol. The highest BCUT2D eigenvalue weighted by Gasteiger charge is 2.45. The lowest BCUT2D eigenvalue weighted by molar-refractivity contribution is 0.396. The van der Waals surface area contributed by atoms with Crippen molar-refractivity contribution in [2.45, 2.75) is 18.4 Å². The van der Waals surface area contributed by atoms with Gasteiger partial charge in [-0.2, -0.15) is 0 Å². The Hall–Kier alpha value is -1.36. The largest absolute Gasteiger partial charge is 0.496 e. The first kappa shape index (κ1) is 12.7. The van der Waals surface area contributed by atoms with Crippen LogP contribution in [0.4, 0.5) is 0 Å². The van der Waals surface area contributed by atoms with E-state index < -0.39 is 0 Å². The smallest absolute Gasteiger partial charge is 0.134 e. The van der Waals surface area contributed by atoms with Crippen LogP contribution in [-0.4, -0.2) is 7.11 Å². The van der Waals surface area contributed by atoms with Gasteiger partial charge in [0.05, 0.1) is 18.0 Å². The highest BCUT2D eigenvalue weighted by Crippen LogP contribution is 2.55. The van der Waals surface area contributed by atoms with E-state index in [0.717, 1.165) is 5.75 Å². The molecule has 1 fully saturated rings. The molecule has 0 saturated heterocycles. The van der Waals surface area contributed by atoms with E-state index in [2.05, 4.69) is 41.1 Å². The van der Waals surface area contributed by atoms with Crippen molar-refractivity contribution in [1.29, 1.82) is 0 Å². The Morgan fingerprint density at radius 3 is 2.79 bits per heavy atom. The van der Waals surface area contributed by atoms with Gasteiger partial charge in [-0.3, -0.25) is 11.3 Å². The van der Waals surface area contributed by atoms with Gasteiger partial charge in [-0.1, -0.05) is 30.3 Å². The van der Waals surface area contributed by atoms with Gasteiger partial charge in [0.15, 0.2) is 0 Å². The molecule has 4 heteroatoms. The summed E-state index contributed by atoms with van der Waals surface area (Å²) in [7, 11) is 1.71. The van der Waals surface area contributed by atoms with Gasteiger partial charge in [-0.25, -0.2) is 0 Å². The van der Waals surface area contributed by atoms with Gasteiger partial charge in [0.1, 0.15) is 5.75 Å². The van der Waals surface area contributed by atoms with Crippen LogP contribution in [0.3, 0.4) is 0 Å². The summed E-state index contributed by atoms with van der Waals surface area (Å²) in [5.41, 5.74) is 4.38. The summed E-state index contributed by atoms with van der Waals surface area (Å²) in [5, 5.41) is 2.05. The van der Waals surface area contributed by atoms with E-state index >= 15 is 0 Å². The van der Waals surface area contributed by atoms with Crippen molar-refractivity contribution in [2.24, 2.45) is 11.8 Å². The van der Waals surface area contributed by atoms with Crippen molar-refractivity contribution in [3.63, 3.8) is 0 Å². The maximum absolute atomic E-state index is 5.77. The maximum Gasteiger partial charge on any atom is 0.134 e. The second-order valence-corrected chi connectivity index (χ2v) is 5.86. The zero-order chi connectivity index (χ0) is 13.2. The minimum Gasteiger partial charge on any atom is -0.496 e. The third-order valence-corrected chi connectivity index (χ3v) is 4.82. The van der Waals surface area contributed by atoms with Crippen LogP contribution < -0.4 is 16.0 Å². The van der Waals surface area contributed by atoms with Crippen LogP contribution in [0, 0.1) is 5.92 Å². The molecular weight excluding hydrogens is 256 g/mol. The molecule has 0 bridgehead atoms. The summed E-state index contributed by atoms with van der Waals surface area (Å²) in [4.78, 5) is 1.20. The Morgan fingerprint density at radius 2 is 2.11 bits per heavy atom. The number of benzene rings is 1. The Bertz CT molecular complexity index is 540. The number of thiophene rings is 1. The zero-order valence-electron chi connectivity index (χ0n) is 10.9. The van der Waals surface area contributed by atoms with Crippen LogP contribution in [0.15, 0.2) is 41.8 Å². The minimum absolute atomic E-state index is 0.181. The molecule has 1 heterocycles. The van der Waals surface area contributed by atoms with Crippen LogP contribution in [-0.2, 0) is 0 Å². The van der Waals surface area contributed by atoms with Crippen LogP contribution in [0.2, 0.25) is 0 Å². The predicted molar refractivity (Wildman–Crippen MR) is 78.2 cm³/mol. The molecule has 1 aliphatic rings. The Kier molecular flexibility index (Phi) is 3.55. The number of nitrogens with one attached hydrogen (secondary N) is 1. The van der Waals surface area contributed by atoms with E-state index in [1.807, 2.05) is 6.07 Å². The van der Waals surface area contributed by atoms with Crippen LogP contribution in [0.1, 0.15) is 28.8 Å². The van der Waals surface area contributed by atoms with Gasteiger partial charge in [0.25, 0.3) is 0 Å². The topological polar surface area (TPSA) is 47.3 Å². The zero-order valence-corrected chi connectivity index (χ0v) is 11.7. The number of ether oxygens (including phenoxy) is 1. The van der Waals surface area contributed by atoms with Crippen molar-refractivity contribution >= 4 is 11.3 Å². The summed E-state index contributed by atoms with van der Waals surface area (Å²) in [6, 6.07) is 12.8. The molecule has 3 rings (SSSR count). The van der Waals surface area contributed by atoms with Crippen molar-refractivity contribution in [2.75, 3.05) is 7.11 Å². The molecule has 1 aromatic heterocycles. The van der Waals surface area contributed by atoms with Crippen LogP contribution >= 0.6 is 11.3 Å². The molecule has 19 heavy (non-hydrogen) atoms. The van der Waals surface area contributed by atoms with Gasteiger partial charge in [-0.05, 0) is 35.3 Å². The fourth-order valence-corrected chi connectivity index (χ4v) is 3.76. The van der Waals surface area contributed by atoms with E-state index in [-0.39, 0.29) is 6.04 Å². The quantitative estimate of drug-likeness (QED) is 0.650. The highest BCUT2D eigenvalue weighted by molar-refractivity contribution is 7.10. The molecule has 3 N–H and O–H groups in total. The first-order valence-corrected chi connectivity index (χ1v) is 7.35. The number of rotatable bonds is 5. The molecule has 1 aromatic carbocycles. The standard InChI is InChI=1S/C15H18N2OS/c1-18-13-7-8-19-15(13)14(17-16)12-9-11(12)10-5-3-2-4-6-10/h2-8,11-12,14,17H,9,16H2,1H3. The lowest BCUT2D eigenvalue weighted by Gasteiger charge is -2.16. The molecule has 2 aromatic rings. The number of hydrazine groups is 1. The minimum atomic E-state index is 0.181. The van der Waals surface area contributed by atoms with Gasteiger partial charge in [0.2, 0.25) is 0 Å². The number of hydrogen-bond acceptors (Lipinski definition) is 4. The van der Waals surface area contributed by atoms with E-state index in [1.165, 1.54) is 16.9 Å². The number of hydrogen-bond donors (Lipinski definition) is 2. The molecule has 3 nitrogen and oxygen atoms in total. The van der Waals surface area contributed by atoms with E-state index in [4.69, 9.17) is 10.6 Å². The SMILES string of the molecule is COc1ccsc1C(NN)C1CC1c1ccccc1. The first-order valence-electron chi connectivity index (χ1n) is 6.47. The molecule has 0 spiro atoms. The fraction of sp³-hybridized carbons (Fsp3) is 0.333. The number of nitrogens with two attached hydrogens (primary N) is 1. The second kappa shape index (κ2) is 5.33. The van der Waals surface area contributed by atoms with E-state index in [1.54, 1.807) is 18.4 Å². The van der Waals surface area contributed by atoms with Crippen molar-refractivity contribution < 1.29 is 4.74 Å². The molecule has 1 saturated carbocycles. The lowest BCUT2D eigenvalue weighted by atomic mass is 10.0. The Labute approximate surface area is 117 Å². The third-order valence-electron chi connectivity index (χ3n) is 3.83. The van der Waals surface area contributed by atoms with E-state index in [9.17, 15) is 0 Å². The van der Waals surface area contributed by atoms with Gasteiger partial charge in [0, 0.05) is 0 Å². The lowest BCUT2D eigenvalue weighted by Crippen LogP contribution is -2.29. The second-order valence-electron chi connectivity index (χ2n) is 4.91. The molecule has 3 atom stereocenters. The van der Waals surface area contributed by atoms with Gasteiger partial charge >= 0.3 is 0 Å². The first-order chi connectivity index (χ1) is 9.35. The van der Waals surface area contributed by atoms with Crippen LogP contribution in [0.5, 0.6) is 5.75 Å². The molecule has 0 amide bonds. The summed E-state index contributed by atoms with van der Waals surface area (Å²) in [6.07, 6.45) is 1.18. The highest BCUT2D eigenvalue weighted by atomic mass is 32.1. The predicted octanol–water partition coefficient (Wildman–Crippen LogP) is 3.06. The summed E-state index contributed by atoms with van der Waals surface area (Å²) in [5.74, 6) is 7.87. The van der Waals surface area contributed by atoms with Crippen molar-refractivity contribution in [3.05, 3.63) is 52.2 Å². The average Bonchev–Trinajstić information content (AvgIpc) is 3.10. The van der Waals surface area contributed by atoms with Crippen molar-refractivity contribution in [1.82, 2.24) is 5.43 Å².